The van der Waals surface area contributed by atoms with Crippen LogP contribution in [0.4, 0.5) is 4.39 Å². The minimum atomic E-state index is -3.74. The Kier molecular flexibility index (Phi) is 5.42. The van der Waals surface area contributed by atoms with Crippen LogP contribution >= 0.6 is 0 Å². The van der Waals surface area contributed by atoms with Gasteiger partial charge in [-0.1, -0.05) is 12.1 Å². The number of nitrogens with one attached hydrogen (secondary N) is 1. The van der Waals surface area contributed by atoms with Gasteiger partial charge in [0.2, 0.25) is 15.9 Å². The highest BCUT2D eigenvalue weighted by Crippen LogP contribution is 2.32. The molecule has 154 valence electrons. The van der Waals surface area contributed by atoms with Crippen molar-refractivity contribution in [3.05, 3.63) is 53.8 Å². The number of halogens is 1. The predicted molar refractivity (Wildman–Crippen MR) is 103 cm³/mol. The van der Waals surface area contributed by atoms with E-state index in [1.165, 1.54) is 24.3 Å². The van der Waals surface area contributed by atoms with Gasteiger partial charge < -0.3 is 14.4 Å². The smallest absolute Gasteiger partial charge is 0.240 e. The van der Waals surface area contributed by atoms with Gasteiger partial charge >= 0.3 is 0 Å². The topological polar surface area (TPSA) is 84.9 Å². The van der Waals surface area contributed by atoms with Gasteiger partial charge in [0.15, 0.2) is 11.5 Å². The summed E-state index contributed by atoms with van der Waals surface area (Å²) in [6.45, 7) is 1.78. The Morgan fingerprint density at radius 2 is 1.79 bits per heavy atom. The second-order valence-electron chi connectivity index (χ2n) is 7.13. The Bertz CT molecular complexity index is 1010. The molecular weight excluding hydrogens is 399 g/mol. The Morgan fingerprint density at radius 1 is 1.07 bits per heavy atom. The van der Waals surface area contributed by atoms with Crippen molar-refractivity contribution in [2.75, 3.05) is 26.3 Å². The zero-order chi connectivity index (χ0) is 20.4. The molecular formula is C20H21FN2O5S. The van der Waals surface area contributed by atoms with E-state index in [1.807, 2.05) is 0 Å². The number of nitrogens with zero attached hydrogens (tertiary/aromatic N) is 1. The Labute approximate surface area is 168 Å². The molecule has 0 radical (unpaired) electrons. The van der Waals surface area contributed by atoms with Crippen LogP contribution in [-0.2, 0) is 21.4 Å². The Balaban J connectivity index is 1.36. The molecule has 0 bridgehead atoms. The molecule has 1 saturated heterocycles. The molecule has 7 nitrogen and oxygen atoms in total. The number of hydrogen-bond donors (Lipinski definition) is 1. The molecule has 4 rings (SSSR count). The van der Waals surface area contributed by atoms with Gasteiger partial charge in [-0.2, -0.15) is 0 Å². The van der Waals surface area contributed by atoms with Crippen LogP contribution in [0.2, 0.25) is 0 Å². The van der Waals surface area contributed by atoms with Crippen LogP contribution < -0.4 is 14.2 Å². The predicted octanol–water partition coefficient (Wildman–Crippen LogP) is 1.92. The number of ether oxygens (including phenoxy) is 2. The summed E-state index contributed by atoms with van der Waals surface area (Å²) in [5.74, 6) is 0.425. The maximum atomic E-state index is 13.0. The average Bonchev–Trinajstić information content (AvgIpc) is 3.07. The highest BCUT2D eigenvalue weighted by atomic mass is 32.2. The van der Waals surface area contributed by atoms with E-state index in [2.05, 4.69) is 4.72 Å². The third-order valence-electron chi connectivity index (χ3n) is 4.97. The average molecular weight is 420 g/mol. The maximum absolute atomic E-state index is 13.0. The van der Waals surface area contributed by atoms with Crippen LogP contribution in [0.3, 0.4) is 0 Å². The van der Waals surface area contributed by atoms with Gasteiger partial charge in [0, 0.05) is 32.1 Å². The number of fused-ring (bicyclic) bond motifs is 1. The van der Waals surface area contributed by atoms with Crippen molar-refractivity contribution in [1.29, 1.82) is 0 Å². The maximum Gasteiger partial charge on any atom is 0.240 e. The van der Waals surface area contributed by atoms with Crippen LogP contribution in [0, 0.1) is 11.7 Å². The lowest BCUT2D eigenvalue weighted by molar-refractivity contribution is -0.128. The number of carbonyl (C=O) groups is 1. The molecule has 1 N–H and O–H groups in total. The van der Waals surface area contributed by atoms with Crippen molar-refractivity contribution in [2.24, 2.45) is 5.92 Å². The fourth-order valence-corrected chi connectivity index (χ4v) is 4.59. The minimum Gasteiger partial charge on any atom is -0.486 e. The molecule has 2 aliphatic rings. The molecule has 2 aromatic carbocycles. The molecule has 1 atom stereocenters. The van der Waals surface area contributed by atoms with Gasteiger partial charge in [-0.25, -0.2) is 17.5 Å². The zero-order valence-electron chi connectivity index (χ0n) is 15.6. The van der Waals surface area contributed by atoms with E-state index in [0.717, 1.165) is 5.56 Å². The summed E-state index contributed by atoms with van der Waals surface area (Å²) in [6.07, 6.45) is 0.269. The minimum absolute atomic E-state index is 0.0437. The fraction of sp³-hybridized carbons (Fsp3) is 0.350. The van der Waals surface area contributed by atoms with Crippen molar-refractivity contribution < 1.29 is 27.1 Å². The summed E-state index contributed by atoms with van der Waals surface area (Å²) in [4.78, 5) is 14.0. The second kappa shape index (κ2) is 8.00. The van der Waals surface area contributed by atoms with E-state index in [9.17, 15) is 17.6 Å². The first-order chi connectivity index (χ1) is 13.9. The highest BCUT2D eigenvalue weighted by Gasteiger charge is 2.30. The highest BCUT2D eigenvalue weighted by molar-refractivity contribution is 7.89. The Morgan fingerprint density at radius 3 is 2.55 bits per heavy atom. The molecule has 1 fully saturated rings. The summed E-state index contributed by atoms with van der Waals surface area (Å²) in [6, 6.07) is 10.5. The normalized spacial score (nSPS) is 18.9. The van der Waals surface area contributed by atoms with Gasteiger partial charge in [0.05, 0.1) is 4.90 Å². The standard InChI is InChI=1S/C20H21FN2O5S/c21-16-3-1-14(2-4-16)12-23-13-15(9-20(23)24)11-22-29(25,26)17-5-6-18-19(10-17)28-8-7-27-18/h1-6,10,15,22H,7-9,11-13H2/t15-/m0/s1. The summed E-state index contributed by atoms with van der Waals surface area (Å²) in [7, 11) is -3.74. The monoisotopic (exact) mass is 420 g/mol. The molecule has 2 aliphatic heterocycles. The van der Waals surface area contributed by atoms with E-state index >= 15 is 0 Å². The van der Waals surface area contributed by atoms with Crippen LogP contribution in [0.15, 0.2) is 47.4 Å². The van der Waals surface area contributed by atoms with E-state index in [-0.39, 0.29) is 35.5 Å². The molecule has 0 saturated carbocycles. The first-order valence-electron chi connectivity index (χ1n) is 9.32. The quantitative estimate of drug-likeness (QED) is 0.772. The van der Waals surface area contributed by atoms with Crippen molar-refractivity contribution in [3.8, 4) is 11.5 Å². The molecule has 0 aromatic heterocycles. The third-order valence-corrected chi connectivity index (χ3v) is 6.39. The third kappa shape index (κ3) is 4.51. The van der Waals surface area contributed by atoms with Crippen molar-refractivity contribution in [2.45, 2.75) is 17.9 Å². The molecule has 9 heteroatoms. The lowest BCUT2D eigenvalue weighted by Gasteiger charge is -2.19. The molecule has 29 heavy (non-hydrogen) atoms. The molecule has 2 aromatic rings. The SMILES string of the molecule is O=C1C[C@@H](CNS(=O)(=O)c2ccc3c(c2)OCCO3)CN1Cc1ccc(F)cc1. The molecule has 0 unspecified atom stereocenters. The van der Waals surface area contributed by atoms with Crippen LogP contribution in [0.1, 0.15) is 12.0 Å². The number of sulfonamides is 1. The zero-order valence-corrected chi connectivity index (χ0v) is 16.5. The number of likely N-dealkylation sites (tertiary alicyclic amines) is 1. The molecule has 0 spiro atoms. The van der Waals surface area contributed by atoms with E-state index < -0.39 is 10.0 Å². The number of hydrogen-bond acceptors (Lipinski definition) is 5. The first kappa shape index (κ1) is 19.7. The Hall–Kier alpha value is -2.65. The molecule has 0 aliphatic carbocycles. The summed E-state index contributed by atoms with van der Waals surface area (Å²) in [5.41, 5.74) is 0.831. The van der Waals surface area contributed by atoms with Gasteiger partial charge in [-0.3, -0.25) is 4.79 Å². The number of amides is 1. The van der Waals surface area contributed by atoms with Gasteiger partial charge in [-0.15, -0.1) is 0 Å². The van der Waals surface area contributed by atoms with Crippen molar-refractivity contribution in [3.63, 3.8) is 0 Å². The first-order valence-corrected chi connectivity index (χ1v) is 10.8. The van der Waals surface area contributed by atoms with E-state index in [0.29, 0.717) is 37.8 Å². The van der Waals surface area contributed by atoms with Crippen molar-refractivity contribution >= 4 is 15.9 Å². The molecule has 2 heterocycles. The van der Waals surface area contributed by atoms with Crippen molar-refractivity contribution in [1.82, 2.24) is 9.62 Å². The van der Waals surface area contributed by atoms with Gasteiger partial charge in [-0.05, 0) is 35.7 Å². The van der Waals surface area contributed by atoms with Crippen LogP contribution in [0.25, 0.3) is 0 Å². The summed E-state index contributed by atoms with van der Waals surface area (Å²) < 4.78 is 51.7. The van der Waals surface area contributed by atoms with Gasteiger partial charge in [0.25, 0.3) is 0 Å². The lowest BCUT2D eigenvalue weighted by Crippen LogP contribution is -2.31. The van der Waals surface area contributed by atoms with Crippen LogP contribution in [-0.4, -0.2) is 45.5 Å². The van der Waals surface area contributed by atoms with Gasteiger partial charge in [0.1, 0.15) is 19.0 Å². The number of carbonyl (C=O) groups excluding carboxylic acids is 1. The largest absolute Gasteiger partial charge is 0.486 e. The van der Waals surface area contributed by atoms with Crippen LogP contribution in [0.5, 0.6) is 11.5 Å². The summed E-state index contributed by atoms with van der Waals surface area (Å²) in [5, 5.41) is 0. The fourth-order valence-electron chi connectivity index (χ4n) is 3.46. The molecule has 1 amide bonds. The number of benzene rings is 2. The lowest BCUT2D eigenvalue weighted by atomic mass is 10.1. The second-order valence-corrected chi connectivity index (χ2v) is 8.90. The van der Waals surface area contributed by atoms with E-state index in [1.54, 1.807) is 23.1 Å². The summed E-state index contributed by atoms with van der Waals surface area (Å²) >= 11 is 0. The van der Waals surface area contributed by atoms with E-state index in [4.69, 9.17) is 9.47 Å². The number of rotatable bonds is 6.